The molecule has 2 aliphatic rings. The van der Waals surface area contributed by atoms with Crippen LogP contribution in [0.15, 0.2) is 34.7 Å². The quantitative estimate of drug-likeness (QED) is 0.685. The van der Waals surface area contributed by atoms with Crippen LogP contribution in [0.5, 0.6) is 5.75 Å². The lowest BCUT2D eigenvalue weighted by atomic mass is 10.1. The van der Waals surface area contributed by atoms with Crippen molar-refractivity contribution >= 4 is 27.3 Å². The third-order valence-electron chi connectivity index (χ3n) is 5.79. The van der Waals surface area contributed by atoms with Gasteiger partial charge in [-0.2, -0.15) is 0 Å². The highest BCUT2D eigenvalue weighted by Crippen LogP contribution is 2.47. The van der Waals surface area contributed by atoms with Crippen LogP contribution in [0.4, 0.5) is 0 Å². The summed E-state index contributed by atoms with van der Waals surface area (Å²) in [5, 5.41) is 0.334. The third-order valence-corrected chi connectivity index (χ3v) is 7.84. The number of furan rings is 1. The Balaban J connectivity index is 1.60. The summed E-state index contributed by atoms with van der Waals surface area (Å²) in [7, 11) is -1.64. The van der Waals surface area contributed by atoms with Gasteiger partial charge in [0.15, 0.2) is 9.84 Å². The van der Waals surface area contributed by atoms with E-state index < -0.39 is 9.84 Å². The number of carbonyl (C=O) groups is 1. The SMILES string of the molecule is COc1ccc(C(=O)N(Cc2ccc(C3CC3C)o2)C2CCS(=O)(=O)C2)cc1Cl. The smallest absolute Gasteiger partial charge is 0.254 e. The van der Waals surface area contributed by atoms with E-state index in [1.165, 1.54) is 7.11 Å². The summed E-state index contributed by atoms with van der Waals surface area (Å²) < 4.78 is 35.2. The van der Waals surface area contributed by atoms with Crippen molar-refractivity contribution in [1.29, 1.82) is 0 Å². The number of methoxy groups -OCH3 is 1. The van der Waals surface area contributed by atoms with Crippen molar-refractivity contribution in [1.82, 2.24) is 4.90 Å². The highest BCUT2D eigenvalue weighted by molar-refractivity contribution is 7.91. The van der Waals surface area contributed by atoms with Gasteiger partial charge in [0.05, 0.1) is 30.2 Å². The second-order valence-electron chi connectivity index (χ2n) is 7.96. The highest BCUT2D eigenvalue weighted by Gasteiger charge is 2.38. The highest BCUT2D eigenvalue weighted by atomic mass is 35.5. The fourth-order valence-electron chi connectivity index (χ4n) is 3.92. The van der Waals surface area contributed by atoms with Gasteiger partial charge < -0.3 is 14.1 Å². The Morgan fingerprint density at radius 3 is 2.66 bits per heavy atom. The molecule has 1 saturated heterocycles. The van der Waals surface area contributed by atoms with E-state index in [4.69, 9.17) is 20.8 Å². The molecule has 0 radical (unpaired) electrons. The molecule has 1 amide bonds. The van der Waals surface area contributed by atoms with Gasteiger partial charge in [-0.25, -0.2) is 8.42 Å². The van der Waals surface area contributed by atoms with Crippen molar-refractivity contribution in [2.75, 3.05) is 18.6 Å². The van der Waals surface area contributed by atoms with Crippen molar-refractivity contribution < 1.29 is 22.4 Å². The number of amides is 1. The molecule has 1 aliphatic heterocycles. The lowest BCUT2D eigenvalue weighted by Gasteiger charge is -2.27. The first-order valence-corrected chi connectivity index (χ1v) is 11.9. The number of rotatable bonds is 6. The molecule has 0 bridgehead atoms. The summed E-state index contributed by atoms with van der Waals surface area (Å²) in [5.74, 6) is 2.93. The summed E-state index contributed by atoms with van der Waals surface area (Å²) in [6.07, 6.45) is 1.53. The number of ether oxygens (including phenoxy) is 1. The lowest BCUT2D eigenvalue weighted by molar-refractivity contribution is 0.0665. The molecular formula is C21H24ClNO5S. The summed E-state index contributed by atoms with van der Waals surface area (Å²) in [4.78, 5) is 14.9. The van der Waals surface area contributed by atoms with Gasteiger partial charge in [-0.15, -0.1) is 0 Å². The molecule has 4 rings (SSSR count). The Kier molecular flexibility index (Phi) is 5.38. The molecule has 1 aliphatic carbocycles. The first-order valence-electron chi connectivity index (χ1n) is 9.71. The molecule has 2 heterocycles. The van der Waals surface area contributed by atoms with E-state index in [9.17, 15) is 13.2 Å². The molecule has 2 aromatic rings. The average Bonchev–Trinajstić information content (AvgIpc) is 3.07. The standard InChI is InChI=1S/C21H24ClNO5S/c1-13-9-17(13)19-6-4-16(28-19)11-23(15-7-8-29(25,26)12-15)21(24)14-3-5-20(27-2)18(22)10-14/h3-6,10,13,15,17H,7-9,11-12H2,1-2H3. The molecule has 8 heteroatoms. The lowest BCUT2D eigenvalue weighted by Crippen LogP contribution is -2.40. The van der Waals surface area contributed by atoms with Gasteiger partial charge >= 0.3 is 0 Å². The van der Waals surface area contributed by atoms with Crippen LogP contribution >= 0.6 is 11.6 Å². The number of benzene rings is 1. The Morgan fingerprint density at radius 2 is 2.07 bits per heavy atom. The van der Waals surface area contributed by atoms with E-state index in [1.54, 1.807) is 23.1 Å². The topological polar surface area (TPSA) is 76.8 Å². The van der Waals surface area contributed by atoms with Crippen molar-refractivity contribution in [2.24, 2.45) is 5.92 Å². The van der Waals surface area contributed by atoms with Gasteiger partial charge in [-0.3, -0.25) is 4.79 Å². The zero-order chi connectivity index (χ0) is 20.8. The second-order valence-corrected chi connectivity index (χ2v) is 10.6. The molecule has 1 aromatic heterocycles. The fourth-order valence-corrected chi connectivity index (χ4v) is 5.91. The predicted molar refractivity (Wildman–Crippen MR) is 110 cm³/mol. The van der Waals surface area contributed by atoms with Gasteiger partial charge in [0.25, 0.3) is 5.91 Å². The first-order chi connectivity index (χ1) is 13.8. The Hall–Kier alpha value is -1.99. The predicted octanol–water partition coefficient (Wildman–Crippen LogP) is 3.89. The molecule has 3 unspecified atom stereocenters. The van der Waals surface area contributed by atoms with Gasteiger partial charge in [-0.05, 0) is 49.1 Å². The first kappa shape index (κ1) is 20.3. The van der Waals surface area contributed by atoms with Crippen LogP contribution in [-0.4, -0.2) is 43.9 Å². The second kappa shape index (κ2) is 7.69. The zero-order valence-electron chi connectivity index (χ0n) is 16.4. The van der Waals surface area contributed by atoms with Crippen LogP contribution in [0.1, 0.15) is 47.6 Å². The van der Waals surface area contributed by atoms with Gasteiger partial charge in [0.2, 0.25) is 0 Å². The van der Waals surface area contributed by atoms with Gasteiger partial charge in [-0.1, -0.05) is 18.5 Å². The summed E-state index contributed by atoms with van der Waals surface area (Å²) in [5.41, 5.74) is 0.391. The number of carbonyl (C=O) groups excluding carboxylic acids is 1. The fraction of sp³-hybridized carbons (Fsp3) is 0.476. The average molecular weight is 438 g/mol. The monoisotopic (exact) mass is 437 g/mol. The van der Waals surface area contributed by atoms with E-state index in [1.807, 2.05) is 12.1 Å². The molecule has 0 N–H and O–H groups in total. The Bertz CT molecular complexity index is 1030. The van der Waals surface area contributed by atoms with Crippen molar-refractivity contribution in [3.05, 3.63) is 52.4 Å². The van der Waals surface area contributed by atoms with E-state index in [-0.39, 0.29) is 30.0 Å². The number of halogens is 1. The minimum Gasteiger partial charge on any atom is -0.495 e. The maximum Gasteiger partial charge on any atom is 0.254 e. The molecular weight excluding hydrogens is 414 g/mol. The number of nitrogens with zero attached hydrogens (tertiary/aromatic N) is 1. The molecule has 1 aromatic carbocycles. The summed E-state index contributed by atoms with van der Waals surface area (Å²) in [6.45, 7) is 2.41. The normalized spacial score (nSPS) is 25.0. The molecule has 3 atom stereocenters. The van der Waals surface area contributed by atoms with Gasteiger partial charge in [0.1, 0.15) is 17.3 Å². The van der Waals surface area contributed by atoms with Crippen LogP contribution < -0.4 is 4.74 Å². The van der Waals surface area contributed by atoms with Gasteiger partial charge in [0, 0.05) is 17.5 Å². The Labute approximate surface area is 175 Å². The van der Waals surface area contributed by atoms with Crippen LogP contribution in [0.3, 0.4) is 0 Å². The van der Waals surface area contributed by atoms with E-state index in [2.05, 4.69) is 6.92 Å². The van der Waals surface area contributed by atoms with Crippen LogP contribution in [0.2, 0.25) is 5.02 Å². The molecule has 29 heavy (non-hydrogen) atoms. The van der Waals surface area contributed by atoms with E-state index in [0.717, 1.165) is 12.2 Å². The Morgan fingerprint density at radius 1 is 1.31 bits per heavy atom. The molecule has 156 valence electrons. The number of hydrogen-bond acceptors (Lipinski definition) is 5. The number of sulfone groups is 1. The minimum absolute atomic E-state index is 0.0319. The van der Waals surface area contributed by atoms with E-state index in [0.29, 0.717) is 40.4 Å². The maximum atomic E-state index is 13.3. The largest absolute Gasteiger partial charge is 0.495 e. The number of hydrogen-bond donors (Lipinski definition) is 0. The summed E-state index contributed by atoms with van der Waals surface area (Å²) in [6, 6.07) is 8.29. The van der Waals surface area contributed by atoms with Crippen molar-refractivity contribution in [3.63, 3.8) is 0 Å². The van der Waals surface area contributed by atoms with Crippen LogP contribution in [0.25, 0.3) is 0 Å². The molecule has 0 spiro atoms. The van der Waals surface area contributed by atoms with Crippen LogP contribution in [0, 0.1) is 5.92 Å². The molecule has 6 nitrogen and oxygen atoms in total. The maximum absolute atomic E-state index is 13.3. The summed E-state index contributed by atoms with van der Waals surface area (Å²) >= 11 is 6.19. The van der Waals surface area contributed by atoms with Crippen LogP contribution in [-0.2, 0) is 16.4 Å². The minimum atomic E-state index is -3.14. The third kappa shape index (κ3) is 4.31. The van der Waals surface area contributed by atoms with E-state index >= 15 is 0 Å². The molecule has 2 fully saturated rings. The molecule has 1 saturated carbocycles. The zero-order valence-corrected chi connectivity index (χ0v) is 18.0. The van der Waals surface area contributed by atoms with Crippen molar-refractivity contribution in [3.8, 4) is 5.75 Å². The van der Waals surface area contributed by atoms with Crippen molar-refractivity contribution in [2.45, 2.75) is 38.3 Å².